The van der Waals surface area contributed by atoms with Crippen LogP contribution in [0, 0.1) is 5.92 Å². The first-order valence-corrected chi connectivity index (χ1v) is 2.56. The minimum Gasteiger partial charge on any atom is -0.662 e. The van der Waals surface area contributed by atoms with Crippen LogP contribution in [0.5, 0.6) is 0 Å². The zero-order valence-electron chi connectivity index (χ0n) is 4.72. The third-order valence-electron chi connectivity index (χ3n) is 1.35. The fourth-order valence-corrected chi connectivity index (χ4v) is 0.570. The van der Waals surface area contributed by atoms with Crippen molar-refractivity contribution in [2.45, 2.75) is 13.3 Å². The molecule has 1 radical (unpaired) electrons. The van der Waals surface area contributed by atoms with Crippen LogP contribution in [0.1, 0.15) is 13.3 Å². The zero-order valence-corrected chi connectivity index (χ0v) is 7.56. The SMILES string of the molecule is CCC1C[N-]C1.[Y]. The molecule has 1 nitrogen and oxygen atoms in total. The Morgan fingerprint density at radius 3 is 2.14 bits per heavy atom. The number of hydrogen-bond acceptors (Lipinski definition) is 0. The first-order chi connectivity index (χ1) is 2.93. The summed E-state index contributed by atoms with van der Waals surface area (Å²) >= 11 is 0. The molecule has 1 aliphatic rings. The topological polar surface area (TPSA) is 14.1 Å². The Morgan fingerprint density at radius 1 is 1.57 bits per heavy atom. The van der Waals surface area contributed by atoms with Gasteiger partial charge in [-0.3, -0.25) is 0 Å². The Bertz CT molecular complexity index is 40.6. The van der Waals surface area contributed by atoms with Gasteiger partial charge in [-0.25, -0.2) is 0 Å². The molecule has 0 unspecified atom stereocenters. The number of hydrogen-bond donors (Lipinski definition) is 0. The van der Waals surface area contributed by atoms with Crippen molar-refractivity contribution in [1.82, 2.24) is 0 Å². The van der Waals surface area contributed by atoms with Crippen LogP contribution < -0.4 is 0 Å². The summed E-state index contributed by atoms with van der Waals surface area (Å²) in [5, 5.41) is 4.07. The molecule has 0 amide bonds. The average Bonchev–Trinajstić information content (AvgIpc) is 1.31. The van der Waals surface area contributed by atoms with Crippen LogP contribution >= 0.6 is 0 Å². The third kappa shape index (κ3) is 2.20. The van der Waals surface area contributed by atoms with Crippen LogP contribution in [-0.2, 0) is 32.7 Å². The van der Waals surface area contributed by atoms with Gasteiger partial charge in [0, 0.05) is 32.7 Å². The molecule has 1 rings (SSSR count). The Kier molecular flexibility index (Phi) is 4.60. The molecule has 0 aromatic heterocycles. The van der Waals surface area contributed by atoms with E-state index in [0.717, 1.165) is 19.0 Å². The van der Waals surface area contributed by atoms with Crippen molar-refractivity contribution >= 4 is 0 Å². The van der Waals surface area contributed by atoms with Crippen molar-refractivity contribution in [3.8, 4) is 0 Å². The maximum Gasteiger partial charge on any atom is 0 e. The summed E-state index contributed by atoms with van der Waals surface area (Å²) in [7, 11) is 0. The van der Waals surface area contributed by atoms with Crippen LogP contribution in [0.2, 0.25) is 0 Å². The van der Waals surface area contributed by atoms with Crippen molar-refractivity contribution < 1.29 is 32.7 Å². The minimum absolute atomic E-state index is 0. The number of nitrogens with zero attached hydrogens (tertiary/aromatic N) is 1. The summed E-state index contributed by atoms with van der Waals surface area (Å²) in [6, 6.07) is 0. The predicted octanol–water partition coefficient (Wildman–Crippen LogP) is 1.40. The second-order valence-electron chi connectivity index (χ2n) is 1.86. The molecule has 0 spiro atoms. The third-order valence-corrected chi connectivity index (χ3v) is 1.35. The summed E-state index contributed by atoms with van der Waals surface area (Å²) < 4.78 is 0. The summed E-state index contributed by atoms with van der Waals surface area (Å²) in [6.45, 7) is 4.49. The molecule has 39 valence electrons. The van der Waals surface area contributed by atoms with Gasteiger partial charge < -0.3 is 5.32 Å². The Balaban J connectivity index is 0.000000360. The fourth-order valence-electron chi connectivity index (χ4n) is 0.570. The van der Waals surface area contributed by atoms with Crippen molar-refractivity contribution in [1.29, 1.82) is 0 Å². The van der Waals surface area contributed by atoms with Crippen molar-refractivity contribution in [2.75, 3.05) is 13.1 Å². The van der Waals surface area contributed by atoms with Crippen LogP contribution in [-0.4, -0.2) is 13.1 Å². The van der Waals surface area contributed by atoms with Gasteiger partial charge in [-0.15, -0.1) is 13.1 Å². The summed E-state index contributed by atoms with van der Waals surface area (Å²) in [5.41, 5.74) is 0. The summed E-state index contributed by atoms with van der Waals surface area (Å²) in [5.74, 6) is 0.949. The van der Waals surface area contributed by atoms with Gasteiger partial charge in [-0.1, -0.05) is 19.3 Å². The second kappa shape index (κ2) is 3.99. The minimum atomic E-state index is 0. The van der Waals surface area contributed by atoms with E-state index >= 15 is 0 Å². The first kappa shape index (κ1) is 8.06. The van der Waals surface area contributed by atoms with Gasteiger partial charge in [0.2, 0.25) is 0 Å². The Labute approximate surface area is 70.1 Å². The molecule has 0 aromatic rings. The molecule has 1 heterocycles. The van der Waals surface area contributed by atoms with E-state index in [1.165, 1.54) is 6.42 Å². The van der Waals surface area contributed by atoms with Gasteiger partial charge in [-0.2, -0.15) is 0 Å². The summed E-state index contributed by atoms with van der Waals surface area (Å²) in [6.07, 6.45) is 1.32. The average molecular weight is 173 g/mol. The van der Waals surface area contributed by atoms with Crippen molar-refractivity contribution in [2.24, 2.45) is 5.92 Å². The molecular formula is C5H10NY-. The van der Waals surface area contributed by atoms with Gasteiger partial charge in [0.25, 0.3) is 0 Å². The largest absolute Gasteiger partial charge is 0.662 e. The molecule has 0 saturated carbocycles. The second-order valence-corrected chi connectivity index (χ2v) is 1.86. The molecule has 1 saturated heterocycles. The Morgan fingerprint density at radius 2 is 2.14 bits per heavy atom. The maximum atomic E-state index is 4.07. The van der Waals surface area contributed by atoms with E-state index in [4.69, 9.17) is 0 Å². The molecule has 0 N–H and O–H groups in total. The summed E-state index contributed by atoms with van der Waals surface area (Å²) in [4.78, 5) is 0. The van der Waals surface area contributed by atoms with Gasteiger partial charge >= 0.3 is 0 Å². The quantitative estimate of drug-likeness (QED) is 0.569. The standard InChI is InChI=1S/C5H10N.Y/c1-2-5-3-6-4-5;/h5H,2-4H2,1H3;/q-1;. The van der Waals surface area contributed by atoms with Crippen molar-refractivity contribution in [3.63, 3.8) is 0 Å². The molecule has 1 aliphatic heterocycles. The normalized spacial score (nSPS) is 20.1. The van der Waals surface area contributed by atoms with E-state index in [0.29, 0.717) is 0 Å². The predicted molar refractivity (Wildman–Crippen MR) is 26.9 cm³/mol. The van der Waals surface area contributed by atoms with Crippen LogP contribution in [0.15, 0.2) is 0 Å². The van der Waals surface area contributed by atoms with E-state index in [2.05, 4.69) is 12.2 Å². The molecule has 0 bridgehead atoms. The van der Waals surface area contributed by atoms with E-state index in [9.17, 15) is 0 Å². The van der Waals surface area contributed by atoms with Gasteiger partial charge in [0.15, 0.2) is 0 Å². The molecule has 1 fully saturated rings. The first-order valence-electron chi connectivity index (χ1n) is 2.56. The smallest absolute Gasteiger partial charge is 0 e. The molecule has 0 atom stereocenters. The maximum absolute atomic E-state index is 4.07. The van der Waals surface area contributed by atoms with Crippen LogP contribution in [0.3, 0.4) is 0 Å². The molecular weight excluding hydrogens is 163 g/mol. The molecule has 0 aliphatic carbocycles. The van der Waals surface area contributed by atoms with Crippen LogP contribution in [0.25, 0.3) is 5.32 Å². The van der Waals surface area contributed by atoms with Crippen LogP contribution in [0.4, 0.5) is 0 Å². The molecule has 7 heavy (non-hydrogen) atoms. The van der Waals surface area contributed by atoms with Crippen molar-refractivity contribution in [3.05, 3.63) is 5.32 Å². The molecule has 0 aromatic carbocycles. The zero-order chi connectivity index (χ0) is 4.41. The van der Waals surface area contributed by atoms with Gasteiger partial charge in [0.1, 0.15) is 0 Å². The number of rotatable bonds is 1. The fraction of sp³-hybridized carbons (Fsp3) is 1.00. The van der Waals surface area contributed by atoms with E-state index < -0.39 is 0 Å². The molecule has 2 heteroatoms. The van der Waals surface area contributed by atoms with Gasteiger partial charge in [0.05, 0.1) is 0 Å². The van der Waals surface area contributed by atoms with E-state index in [1.54, 1.807) is 0 Å². The van der Waals surface area contributed by atoms with Gasteiger partial charge in [-0.05, 0) is 0 Å². The Hall–Kier alpha value is 1.06. The van der Waals surface area contributed by atoms with E-state index in [1.807, 2.05) is 0 Å². The monoisotopic (exact) mass is 173 g/mol. The van der Waals surface area contributed by atoms with E-state index in [-0.39, 0.29) is 32.7 Å².